The Morgan fingerprint density at radius 3 is 2.67 bits per heavy atom. The van der Waals surface area contributed by atoms with Gasteiger partial charge in [-0.05, 0) is 19.8 Å². The molecule has 3 aromatic rings. The Kier molecular flexibility index (Phi) is 6.62. The number of carboxylic acids is 1. The third kappa shape index (κ3) is 4.03. The number of imidazole rings is 1. The van der Waals surface area contributed by atoms with Gasteiger partial charge >= 0.3 is 0 Å². The summed E-state index contributed by atoms with van der Waals surface area (Å²) in [5, 5.41) is 35.3. The van der Waals surface area contributed by atoms with Crippen LogP contribution in [0, 0.1) is 0 Å². The number of hydrogen-bond donors (Lipinski definition) is 4. The number of aliphatic carboxylic acids is 1. The summed E-state index contributed by atoms with van der Waals surface area (Å²) in [5.74, 6) is -0.425. The highest BCUT2D eigenvalue weighted by Crippen LogP contribution is 2.36. The molecule has 192 valence electrons. The van der Waals surface area contributed by atoms with Gasteiger partial charge in [0.25, 0.3) is 5.82 Å². The number of nitrogens with zero attached hydrogens (tertiary/aromatic N) is 7. The monoisotopic (exact) mass is 497 g/mol. The Hall–Kier alpha value is -3.71. The molecule has 0 radical (unpaired) electrons. The standard InChI is InChI=1S/C14H19N5O4.C9H12N4/c1-4-5-18-6-15-8-9(18)16-7-19-10(8)17-13(2,12(21)22)11(20)14(19,3)23;1-2-3-6-4-11-8-7(6)12-5-13-9(8)10/h6-7,11,20,23H,4-5H2,1-3H3,(H,21,22);4-6H,2-3H2,1H3,(H2,10,12,13). The highest BCUT2D eigenvalue weighted by Gasteiger charge is 2.56. The lowest BCUT2D eigenvalue weighted by atomic mass is 9.85. The minimum absolute atomic E-state index is 0.270. The molecule has 3 aromatic heterocycles. The zero-order valence-corrected chi connectivity index (χ0v) is 20.7. The van der Waals surface area contributed by atoms with E-state index in [-0.39, 0.29) is 5.82 Å². The Morgan fingerprint density at radius 1 is 1.25 bits per heavy atom. The zero-order chi connectivity index (χ0) is 26.3. The van der Waals surface area contributed by atoms with E-state index < -0.39 is 23.3 Å². The van der Waals surface area contributed by atoms with Crippen LogP contribution in [-0.2, 0) is 17.1 Å². The molecule has 4 unspecified atom stereocenters. The molecule has 0 bridgehead atoms. The van der Waals surface area contributed by atoms with Crippen molar-refractivity contribution in [3.63, 3.8) is 0 Å². The van der Waals surface area contributed by atoms with Gasteiger partial charge in [-0.3, -0.25) is 10.3 Å². The summed E-state index contributed by atoms with van der Waals surface area (Å²) in [6, 6.07) is 0. The molecule has 2 aliphatic rings. The summed E-state index contributed by atoms with van der Waals surface area (Å²) in [6.45, 7) is 7.46. The number of fused-ring (bicyclic) bond motifs is 4. The minimum atomic E-state index is -1.88. The van der Waals surface area contributed by atoms with Crippen molar-refractivity contribution >= 4 is 40.7 Å². The Bertz CT molecular complexity index is 1320. The van der Waals surface area contributed by atoms with Gasteiger partial charge < -0.3 is 30.4 Å². The van der Waals surface area contributed by atoms with Gasteiger partial charge in [0.1, 0.15) is 12.0 Å². The fourth-order valence-corrected chi connectivity index (χ4v) is 4.55. The fourth-order valence-electron chi connectivity index (χ4n) is 4.55. The molecular formula is C23H31N9O4. The maximum atomic E-state index is 11.5. The molecule has 0 spiro atoms. The molecule has 2 aliphatic heterocycles. The van der Waals surface area contributed by atoms with E-state index >= 15 is 0 Å². The summed E-state index contributed by atoms with van der Waals surface area (Å²) in [4.78, 5) is 32.4. The highest BCUT2D eigenvalue weighted by molar-refractivity contribution is 5.87. The number of aromatic nitrogens is 6. The van der Waals surface area contributed by atoms with Gasteiger partial charge in [0, 0.05) is 25.6 Å². The molecule has 5 heterocycles. The van der Waals surface area contributed by atoms with Crippen LogP contribution in [0.3, 0.4) is 0 Å². The number of aryl methyl sites for hydroxylation is 1. The van der Waals surface area contributed by atoms with Crippen molar-refractivity contribution in [2.45, 2.75) is 76.8 Å². The largest absolute Gasteiger partial charge is 0.546 e. The van der Waals surface area contributed by atoms with Crippen molar-refractivity contribution in [2.75, 3.05) is 11.1 Å². The Morgan fingerprint density at radius 2 is 2.00 bits per heavy atom. The first-order valence-corrected chi connectivity index (χ1v) is 11.9. The number of nitrogens with one attached hydrogen (secondary N) is 1. The summed E-state index contributed by atoms with van der Waals surface area (Å²) in [7, 11) is 0. The SMILES string of the molecule is CCCC1C=Nc2c(N)ncnc21.CCCn1cnc2c3[n+](cnc21)C(C)(O)C(O)C(C)(C(=O)[O-])N3. The molecule has 4 atom stereocenters. The van der Waals surface area contributed by atoms with E-state index in [1.54, 1.807) is 6.33 Å². The van der Waals surface area contributed by atoms with Crippen molar-refractivity contribution in [2.24, 2.45) is 4.99 Å². The van der Waals surface area contributed by atoms with E-state index in [0.717, 1.165) is 30.6 Å². The number of carbonyl (C=O) groups is 1. The molecule has 0 amide bonds. The third-order valence-corrected chi connectivity index (χ3v) is 6.60. The van der Waals surface area contributed by atoms with Crippen LogP contribution in [0.25, 0.3) is 11.2 Å². The Labute approximate surface area is 207 Å². The number of aliphatic imine (C=N–C) groups is 1. The normalized spacial score (nSPS) is 26.1. The topological polar surface area (TPSA) is 191 Å². The van der Waals surface area contributed by atoms with Crippen LogP contribution in [0.5, 0.6) is 0 Å². The molecule has 36 heavy (non-hydrogen) atoms. The molecule has 0 fully saturated rings. The van der Waals surface area contributed by atoms with Crippen molar-refractivity contribution in [3.8, 4) is 0 Å². The number of rotatable bonds is 5. The smallest absolute Gasteiger partial charge is 0.256 e. The van der Waals surface area contributed by atoms with E-state index in [9.17, 15) is 20.1 Å². The maximum absolute atomic E-state index is 11.5. The van der Waals surface area contributed by atoms with Crippen LogP contribution in [0.1, 0.15) is 58.6 Å². The predicted octanol–water partition coefficient (Wildman–Crippen LogP) is -0.253. The van der Waals surface area contributed by atoms with E-state index in [4.69, 9.17) is 5.73 Å². The van der Waals surface area contributed by atoms with Crippen LogP contribution in [-0.4, -0.2) is 58.5 Å². The van der Waals surface area contributed by atoms with E-state index in [1.807, 2.05) is 17.7 Å². The lowest BCUT2D eigenvalue weighted by Crippen LogP contribution is -2.77. The van der Waals surface area contributed by atoms with Crippen molar-refractivity contribution in [3.05, 3.63) is 24.7 Å². The van der Waals surface area contributed by atoms with Gasteiger partial charge in [-0.2, -0.15) is 0 Å². The van der Waals surface area contributed by atoms with E-state index in [1.165, 1.54) is 31.1 Å². The van der Waals surface area contributed by atoms with Gasteiger partial charge in [0.2, 0.25) is 17.7 Å². The van der Waals surface area contributed by atoms with Crippen LogP contribution in [0.2, 0.25) is 0 Å². The number of carbonyl (C=O) groups excluding carboxylic acids is 1. The Balaban J connectivity index is 0.000000197. The molecule has 0 aliphatic carbocycles. The van der Waals surface area contributed by atoms with Gasteiger partial charge in [-0.1, -0.05) is 25.3 Å². The van der Waals surface area contributed by atoms with Crippen LogP contribution in [0.4, 0.5) is 17.3 Å². The summed E-state index contributed by atoms with van der Waals surface area (Å²) >= 11 is 0. The molecule has 0 saturated carbocycles. The van der Waals surface area contributed by atoms with Crippen molar-refractivity contribution < 1.29 is 24.7 Å². The molecule has 0 aromatic carbocycles. The van der Waals surface area contributed by atoms with Crippen molar-refractivity contribution in [1.29, 1.82) is 0 Å². The zero-order valence-electron chi connectivity index (χ0n) is 20.7. The molecule has 13 heteroatoms. The average molecular weight is 498 g/mol. The quantitative estimate of drug-likeness (QED) is 0.342. The second kappa shape index (κ2) is 9.39. The minimum Gasteiger partial charge on any atom is -0.546 e. The van der Waals surface area contributed by atoms with E-state index in [0.29, 0.717) is 29.4 Å². The number of nitrogens with two attached hydrogens (primary N) is 1. The molecule has 0 saturated heterocycles. The van der Waals surface area contributed by atoms with Crippen LogP contribution in [0.15, 0.2) is 24.0 Å². The maximum Gasteiger partial charge on any atom is 0.256 e. The molecular weight excluding hydrogens is 466 g/mol. The van der Waals surface area contributed by atoms with E-state index in [2.05, 4.69) is 37.2 Å². The molecule has 5 rings (SSSR count). The van der Waals surface area contributed by atoms with Crippen LogP contribution >= 0.6 is 0 Å². The second-order valence-electron chi connectivity index (χ2n) is 9.35. The number of aliphatic hydroxyl groups excluding tert-OH is 1. The number of hydrogen-bond acceptors (Lipinski definition) is 11. The third-order valence-electron chi connectivity index (χ3n) is 6.60. The lowest BCUT2D eigenvalue weighted by Gasteiger charge is -2.44. The summed E-state index contributed by atoms with van der Waals surface area (Å²) in [6.07, 6.45) is 7.83. The first-order chi connectivity index (χ1) is 17.1. The van der Waals surface area contributed by atoms with Gasteiger partial charge in [-0.15, -0.1) is 0 Å². The number of nitrogen functional groups attached to an aromatic ring is 1. The molecule has 13 nitrogen and oxygen atoms in total. The highest BCUT2D eigenvalue weighted by atomic mass is 16.4. The lowest BCUT2D eigenvalue weighted by molar-refractivity contribution is -0.807. The first-order valence-electron chi connectivity index (χ1n) is 11.9. The van der Waals surface area contributed by atoms with Crippen molar-refractivity contribution in [1.82, 2.24) is 24.5 Å². The summed E-state index contributed by atoms with van der Waals surface area (Å²) < 4.78 is 3.13. The van der Waals surface area contributed by atoms with Gasteiger partial charge in [-0.25, -0.2) is 19.5 Å². The number of carboxylic acid groups (broad SMARTS) is 1. The fraction of sp³-hybridized carbons (Fsp3) is 0.522. The second-order valence-corrected chi connectivity index (χ2v) is 9.35. The molecule has 5 N–H and O–H groups in total. The van der Waals surface area contributed by atoms with Crippen LogP contribution < -0.4 is 20.7 Å². The summed E-state index contributed by atoms with van der Waals surface area (Å²) in [5.41, 5.74) is 4.64. The number of aliphatic hydroxyl groups is 2. The van der Waals surface area contributed by atoms with Gasteiger partial charge in [0.15, 0.2) is 23.0 Å². The first kappa shape index (κ1) is 25.4. The number of anilines is 2. The van der Waals surface area contributed by atoms with Gasteiger partial charge in [0.05, 0.1) is 18.0 Å². The predicted molar refractivity (Wildman–Crippen MR) is 129 cm³/mol. The average Bonchev–Trinajstić information content (AvgIpc) is 3.44.